The van der Waals surface area contributed by atoms with Crippen molar-refractivity contribution in [2.75, 3.05) is 13.7 Å². The van der Waals surface area contributed by atoms with Crippen molar-refractivity contribution in [2.45, 2.75) is 6.10 Å². The van der Waals surface area contributed by atoms with Gasteiger partial charge in [0.1, 0.15) is 11.9 Å². The predicted octanol–water partition coefficient (Wildman–Crippen LogP) is 2.77. The molecule has 1 aromatic carbocycles. The first-order valence-corrected chi connectivity index (χ1v) is 4.95. The molecule has 0 aliphatic carbocycles. The average molecular weight is 227 g/mol. The third-order valence-electron chi connectivity index (χ3n) is 2.17. The van der Waals surface area contributed by atoms with Gasteiger partial charge in [0.2, 0.25) is 0 Å². The summed E-state index contributed by atoms with van der Waals surface area (Å²) in [5.74, 6) is 0.472. The van der Waals surface area contributed by atoms with Crippen LogP contribution in [0.25, 0.3) is 11.0 Å². The summed E-state index contributed by atoms with van der Waals surface area (Å²) in [6.45, 7) is 0.206. The van der Waals surface area contributed by atoms with E-state index in [2.05, 4.69) is 0 Å². The second-order valence-electron chi connectivity index (χ2n) is 3.28. The number of fused-ring (bicyclic) bond motifs is 1. The number of furan rings is 1. The lowest BCUT2D eigenvalue weighted by Gasteiger charge is -2.04. The Labute approximate surface area is 92.2 Å². The molecule has 1 atom stereocenters. The number of benzene rings is 1. The first kappa shape index (κ1) is 10.5. The maximum Gasteiger partial charge on any atom is 0.152 e. The van der Waals surface area contributed by atoms with Crippen molar-refractivity contribution in [2.24, 2.45) is 0 Å². The van der Waals surface area contributed by atoms with E-state index in [0.717, 1.165) is 5.39 Å². The summed E-state index contributed by atoms with van der Waals surface area (Å²) in [5.41, 5.74) is 0.601. The van der Waals surface area contributed by atoms with Crippen LogP contribution in [-0.2, 0) is 4.74 Å². The smallest absolute Gasteiger partial charge is 0.152 e. The second kappa shape index (κ2) is 4.23. The molecule has 2 aromatic rings. The minimum atomic E-state index is -0.751. The SMILES string of the molecule is COCC(O)c1cc2cccc(Cl)c2o1. The Bertz CT molecular complexity index is 464. The van der Waals surface area contributed by atoms with Crippen molar-refractivity contribution in [3.63, 3.8) is 0 Å². The van der Waals surface area contributed by atoms with Gasteiger partial charge in [0.25, 0.3) is 0 Å². The Kier molecular flexibility index (Phi) is 2.95. The van der Waals surface area contributed by atoms with Gasteiger partial charge in [0.15, 0.2) is 5.58 Å². The van der Waals surface area contributed by atoms with Crippen LogP contribution in [0.4, 0.5) is 0 Å². The van der Waals surface area contributed by atoms with Crippen LogP contribution in [0.5, 0.6) is 0 Å². The highest BCUT2D eigenvalue weighted by molar-refractivity contribution is 6.34. The number of halogens is 1. The molecule has 1 N–H and O–H groups in total. The number of aliphatic hydroxyl groups excluding tert-OH is 1. The molecule has 15 heavy (non-hydrogen) atoms. The molecule has 0 spiro atoms. The summed E-state index contributed by atoms with van der Waals surface area (Å²) < 4.78 is 10.3. The fourth-order valence-corrected chi connectivity index (χ4v) is 1.67. The molecule has 0 radical (unpaired) electrons. The van der Waals surface area contributed by atoms with Gasteiger partial charge in [-0.05, 0) is 12.1 Å². The third-order valence-corrected chi connectivity index (χ3v) is 2.47. The number of rotatable bonds is 3. The maximum atomic E-state index is 9.65. The molecule has 2 rings (SSSR count). The molecule has 0 amide bonds. The summed E-state index contributed by atoms with van der Waals surface area (Å²) in [6, 6.07) is 7.24. The molecule has 1 heterocycles. The van der Waals surface area contributed by atoms with Crippen LogP contribution in [0.1, 0.15) is 11.9 Å². The van der Waals surface area contributed by atoms with Crippen molar-refractivity contribution in [1.29, 1.82) is 0 Å². The molecule has 80 valence electrons. The zero-order chi connectivity index (χ0) is 10.8. The second-order valence-corrected chi connectivity index (χ2v) is 3.69. The summed E-state index contributed by atoms with van der Waals surface area (Å²) in [6.07, 6.45) is -0.751. The Morgan fingerprint density at radius 3 is 3.00 bits per heavy atom. The lowest BCUT2D eigenvalue weighted by atomic mass is 10.2. The molecule has 0 bridgehead atoms. The Balaban J connectivity index is 2.43. The molecule has 1 aromatic heterocycles. The number of aliphatic hydroxyl groups is 1. The van der Waals surface area contributed by atoms with Gasteiger partial charge in [-0.25, -0.2) is 0 Å². The molecule has 0 aliphatic heterocycles. The van der Waals surface area contributed by atoms with Crippen LogP contribution in [0, 0.1) is 0 Å². The Morgan fingerprint density at radius 1 is 1.53 bits per heavy atom. The van der Waals surface area contributed by atoms with Crippen molar-refractivity contribution in [3.05, 3.63) is 35.0 Å². The summed E-state index contributed by atoms with van der Waals surface area (Å²) in [7, 11) is 1.53. The van der Waals surface area contributed by atoms with E-state index < -0.39 is 6.10 Å². The average Bonchev–Trinajstić information content (AvgIpc) is 2.63. The number of para-hydroxylation sites is 1. The van der Waals surface area contributed by atoms with Crippen LogP contribution in [-0.4, -0.2) is 18.8 Å². The van der Waals surface area contributed by atoms with E-state index in [-0.39, 0.29) is 6.61 Å². The van der Waals surface area contributed by atoms with Gasteiger partial charge in [-0.2, -0.15) is 0 Å². The first-order valence-electron chi connectivity index (χ1n) is 4.57. The van der Waals surface area contributed by atoms with Crippen LogP contribution in [0.3, 0.4) is 0 Å². The highest BCUT2D eigenvalue weighted by Gasteiger charge is 2.14. The van der Waals surface area contributed by atoms with Crippen LogP contribution in [0.2, 0.25) is 5.02 Å². The van der Waals surface area contributed by atoms with Crippen LogP contribution >= 0.6 is 11.6 Å². The van der Waals surface area contributed by atoms with Gasteiger partial charge in [-0.3, -0.25) is 0 Å². The lowest BCUT2D eigenvalue weighted by molar-refractivity contribution is 0.0513. The molecule has 0 fully saturated rings. The highest BCUT2D eigenvalue weighted by atomic mass is 35.5. The molecular formula is C11H11ClO3. The topological polar surface area (TPSA) is 42.6 Å². The van der Waals surface area contributed by atoms with E-state index in [4.69, 9.17) is 20.8 Å². The van der Waals surface area contributed by atoms with Crippen molar-refractivity contribution in [3.8, 4) is 0 Å². The van der Waals surface area contributed by atoms with Crippen LogP contribution < -0.4 is 0 Å². The van der Waals surface area contributed by atoms with Gasteiger partial charge in [-0.15, -0.1) is 0 Å². The highest BCUT2D eigenvalue weighted by Crippen LogP contribution is 2.29. The molecule has 4 heteroatoms. The van der Waals surface area contributed by atoms with E-state index in [1.165, 1.54) is 7.11 Å². The number of ether oxygens (including phenoxy) is 1. The lowest BCUT2D eigenvalue weighted by Crippen LogP contribution is -2.03. The molecule has 3 nitrogen and oxygen atoms in total. The van der Waals surface area contributed by atoms with Gasteiger partial charge in [0, 0.05) is 12.5 Å². The number of hydrogen-bond acceptors (Lipinski definition) is 3. The minimum absolute atomic E-state index is 0.206. The van der Waals surface area contributed by atoms with Crippen LogP contribution in [0.15, 0.2) is 28.7 Å². The third kappa shape index (κ3) is 2.00. The predicted molar refractivity (Wildman–Crippen MR) is 58.1 cm³/mol. The van der Waals surface area contributed by atoms with Crippen molar-refractivity contribution in [1.82, 2.24) is 0 Å². The van der Waals surface area contributed by atoms with Gasteiger partial charge >= 0.3 is 0 Å². The number of hydrogen-bond donors (Lipinski definition) is 1. The molecule has 0 saturated carbocycles. The summed E-state index contributed by atoms with van der Waals surface area (Å²) >= 11 is 5.95. The molecule has 0 aliphatic rings. The van der Waals surface area contributed by atoms with E-state index >= 15 is 0 Å². The Morgan fingerprint density at radius 2 is 2.33 bits per heavy atom. The normalized spacial score (nSPS) is 13.3. The minimum Gasteiger partial charge on any atom is -0.457 e. The molecular weight excluding hydrogens is 216 g/mol. The number of methoxy groups -OCH3 is 1. The van der Waals surface area contributed by atoms with Crippen molar-refractivity contribution < 1.29 is 14.3 Å². The standard InChI is InChI=1S/C11H11ClO3/c1-14-6-9(13)10-5-7-3-2-4-8(12)11(7)15-10/h2-5,9,13H,6H2,1H3. The summed E-state index contributed by atoms with van der Waals surface area (Å²) in [4.78, 5) is 0. The fraction of sp³-hybridized carbons (Fsp3) is 0.273. The zero-order valence-corrected chi connectivity index (χ0v) is 8.99. The van der Waals surface area contributed by atoms with E-state index in [0.29, 0.717) is 16.4 Å². The van der Waals surface area contributed by atoms with Gasteiger partial charge in [-0.1, -0.05) is 23.7 Å². The fourth-order valence-electron chi connectivity index (χ4n) is 1.45. The van der Waals surface area contributed by atoms with Crippen molar-refractivity contribution >= 4 is 22.6 Å². The maximum absolute atomic E-state index is 9.65. The first-order chi connectivity index (χ1) is 7.22. The quantitative estimate of drug-likeness (QED) is 0.875. The molecule has 1 unspecified atom stereocenters. The Hall–Kier alpha value is -1.03. The van der Waals surface area contributed by atoms with E-state index in [1.807, 2.05) is 12.1 Å². The largest absolute Gasteiger partial charge is 0.457 e. The van der Waals surface area contributed by atoms with E-state index in [1.54, 1.807) is 12.1 Å². The monoisotopic (exact) mass is 226 g/mol. The van der Waals surface area contributed by atoms with E-state index in [9.17, 15) is 5.11 Å². The zero-order valence-electron chi connectivity index (χ0n) is 8.24. The van der Waals surface area contributed by atoms with Gasteiger partial charge < -0.3 is 14.3 Å². The molecule has 0 saturated heterocycles. The summed E-state index contributed by atoms with van der Waals surface area (Å²) in [5, 5.41) is 11.1. The van der Waals surface area contributed by atoms with Gasteiger partial charge in [0.05, 0.1) is 11.6 Å².